The van der Waals surface area contributed by atoms with Gasteiger partial charge in [0.1, 0.15) is 0 Å². The molecule has 0 aliphatic rings. The fraction of sp³-hybridized carbons (Fsp3) is 0.0800. The number of nitro benzene ring substituents is 2. The minimum absolute atomic E-state index is 0.0494. The summed E-state index contributed by atoms with van der Waals surface area (Å²) >= 11 is 0. The van der Waals surface area contributed by atoms with Crippen LogP contribution in [0.15, 0.2) is 77.7 Å². The fourth-order valence-corrected chi connectivity index (χ4v) is 4.54. The van der Waals surface area contributed by atoms with Crippen LogP contribution in [0.3, 0.4) is 0 Å². The number of ether oxygens (including phenoxy) is 1. The SMILES string of the molecule is COc1ccc(NS(=O)(=O)c2ccc(NC(=O)c3cc([N+](=O)[O-])c(Nc4ccc(C)cc4)c([N+](=O)[O-])c3)cc2)nn1. The van der Waals surface area contributed by atoms with Crippen LogP contribution in [0.5, 0.6) is 5.88 Å². The Kier molecular flexibility index (Phi) is 8.04. The first-order chi connectivity index (χ1) is 19.5. The lowest BCUT2D eigenvalue weighted by molar-refractivity contribution is -0.392. The van der Waals surface area contributed by atoms with Crippen molar-refractivity contribution in [3.05, 3.63) is 104 Å². The summed E-state index contributed by atoms with van der Waals surface area (Å²) in [5, 5.41) is 36.1. The molecule has 41 heavy (non-hydrogen) atoms. The maximum Gasteiger partial charge on any atom is 0.300 e. The lowest BCUT2D eigenvalue weighted by atomic mass is 10.1. The molecule has 0 spiro atoms. The highest BCUT2D eigenvalue weighted by atomic mass is 32.2. The first-order valence-corrected chi connectivity index (χ1v) is 13.1. The first-order valence-electron chi connectivity index (χ1n) is 11.6. The van der Waals surface area contributed by atoms with E-state index >= 15 is 0 Å². The summed E-state index contributed by atoms with van der Waals surface area (Å²) in [6.45, 7) is 1.84. The van der Waals surface area contributed by atoms with Crippen molar-refractivity contribution in [3.8, 4) is 5.88 Å². The van der Waals surface area contributed by atoms with Crippen LogP contribution >= 0.6 is 0 Å². The molecule has 0 fully saturated rings. The van der Waals surface area contributed by atoms with E-state index < -0.39 is 37.2 Å². The molecule has 16 heteroatoms. The van der Waals surface area contributed by atoms with Gasteiger partial charge in [-0.3, -0.25) is 29.7 Å². The van der Waals surface area contributed by atoms with Gasteiger partial charge in [0.05, 0.1) is 27.4 Å². The van der Waals surface area contributed by atoms with Crippen molar-refractivity contribution < 1.29 is 27.8 Å². The zero-order valence-electron chi connectivity index (χ0n) is 21.4. The van der Waals surface area contributed by atoms with Gasteiger partial charge in [-0.15, -0.1) is 10.2 Å². The highest BCUT2D eigenvalue weighted by molar-refractivity contribution is 7.92. The number of methoxy groups -OCH3 is 1. The molecular formula is C25H21N7O8S. The number of carbonyl (C=O) groups is 1. The van der Waals surface area contributed by atoms with Crippen LogP contribution in [0.1, 0.15) is 15.9 Å². The monoisotopic (exact) mass is 579 g/mol. The van der Waals surface area contributed by atoms with E-state index in [0.717, 1.165) is 17.7 Å². The van der Waals surface area contributed by atoms with Crippen molar-refractivity contribution in [2.24, 2.45) is 0 Å². The number of nitro groups is 2. The maximum absolute atomic E-state index is 12.9. The second kappa shape index (κ2) is 11.6. The molecule has 0 aliphatic carbocycles. The number of hydrogen-bond donors (Lipinski definition) is 3. The van der Waals surface area contributed by atoms with Gasteiger partial charge in [-0.1, -0.05) is 17.7 Å². The van der Waals surface area contributed by atoms with Gasteiger partial charge in [-0.2, -0.15) is 0 Å². The zero-order chi connectivity index (χ0) is 29.7. The third kappa shape index (κ3) is 6.69. The normalized spacial score (nSPS) is 10.9. The third-order valence-electron chi connectivity index (χ3n) is 5.58. The van der Waals surface area contributed by atoms with Crippen LogP contribution < -0.4 is 20.1 Å². The Morgan fingerprint density at radius 3 is 1.95 bits per heavy atom. The minimum Gasteiger partial charge on any atom is -0.480 e. The molecule has 15 nitrogen and oxygen atoms in total. The van der Waals surface area contributed by atoms with Gasteiger partial charge in [-0.25, -0.2) is 8.42 Å². The molecule has 4 rings (SSSR count). The average molecular weight is 580 g/mol. The van der Waals surface area contributed by atoms with Crippen molar-refractivity contribution in [2.75, 3.05) is 22.5 Å². The zero-order valence-corrected chi connectivity index (χ0v) is 22.2. The number of carbonyl (C=O) groups excluding carboxylic acids is 1. The van der Waals surface area contributed by atoms with E-state index in [1.165, 1.54) is 43.5 Å². The topological polar surface area (TPSA) is 209 Å². The number of sulfonamides is 1. The Morgan fingerprint density at radius 2 is 1.44 bits per heavy atom. The van der Waals surface area contributed by atoms with Crippen LogP contribution in [-0.2, 0) is 10.0 Å². The lowest BCUT2D eigenvalue weighted by Crippen LogP contribution is -2.15. The Labute approximate surface area is 232 Å². The van der Waals surface area contributed by atoms with Crippen LogP contribution in [0.2, 0.25) is 0 Å². The van der Waals surface area contributed by atoms with Gasteiger partial charge >= 0.3 is 11.4 Å². The number of aryl methyl sites for hydroxylation is 1. The van der Waals surface area contributed by atoms with E-state index in [-0.39, 0.29) is 33.5 Å². The standard InChI is InChI=1S/C25H21N7O8S/c1-15-3-5-17(6-4-15)26-24-20(31(34)35)13-16(14-21(24)32(36)37)25(33)27-18-7-9-19(10-8-18)41(38,39)30-22-11-12-23(40-2)29-28-22/h3-14,26H,1-2H3,(H,27,33)(H,28,30). The molecule has 0 radical (unpaired) electrons. The predicted octanol–water partition coefficient (Wildman–Crippen LogP) is 4.41. The second-order valence-corrected chi connectivity index (χ2v) is 10.1. The summed E-state index contributed by atoms with van der Waals surface area (Å²) in [4.78, 5) is 34.7. The van der Waals surface area contributed by atoms with Gasteiger partial charge in [0.2, 0.25) is 5.88 Å². The predicted molar refractivity (Wildman–Crippen MR) is 148 cm³/mol. The first kappa shape index (κ1) is 28.4. The summed E-state index contributed by atoms with van der Waals surface area (Å²) in [5.41, 5.74) is -0.676. The molecule has 0 saturated carbocycles. The van der Waals surface area contributed by atoms with Gasteiger partial charge in [0, 0.05) is 29.6 Å². The lowest BCUT2D eigenvalue weighted by Gasteiger charge is -2.11. The van der Waals surface area contributed by atoms with E-state index in [0.29, 0.717) is 5.69 Å². The highest BCUT2D eigenvalue weighted by Crippen LogP contribution is 2.38. The van der Waals surface area contributed by atoms with Crippen molar-refractivity contribution in [2.45, 2.75) is 11.8 Å². The van der Waals surface area contributed by atoms with Crippen LogP contribution in [0.4, 0.5) is 34.3 Å². The summed E-state index contributed by atoms with van der Waals surface area (Å²) < 4.78 is 32.5. The smallest absolute Gasteiger partial charge is 0.300 e. The van der Waals surface area contributed by atoms with Crippen molar-refractivity contribution in [1.82, 2.24) is 10.2 Å². The van der Waals surface area contributed by atoms with Gasteiger partial charge in [0.25, 0.3) is 15.9 Å². The van der Waals surface area contributed by atoms with Crippen LogP contribution in [0, 0.1) is 27.2 Å². The Hall–Kier alpha value is -5.64. The number of anilines is 4. The minimum atomic E-state index is -4.06. The Bertz CT molecular complexity index is 1690. The van der Waals surface area contributed by atoms with E-state index in [1.807, 2.05) is 6.92 Å². The molecule has 1 amide bonds. The average Bonchev–Trinajstić information content (AvgIpc) is 2.94. The number of nitrogens with zero attached hydrogens (tertiary/aromatic N) is 4. The number of hydrogen-bond acceptors (Lipinski definition) is 11. The number of benzene rings is 3. The number of rotatable bonds is 10. The van der Waals surface area contributed by atoms with Crippen LogP contribution in [-0.4, -0.2) is 41.5 Å². The number of amides is 1. The summed E-state index contributed by atoms with van der Waals surface area (Å²) in [7, 11) is -2.67. The van der Waals surface area contributed by atoms with Crippen molar-refractivity contribution in [3.63, 3.8) is 0 Å². The molecule has 0 atom stereocenters. The molecule has 0 aliphatic heterocycles. The maximum atomic E-state index is 12.9. The molecule has 0 unspecified atom stereocenters. The molecular weight excluding hydrogens is 558 g/mol. The molecule has 0 bridgehead atoms. The molecule has 0 saturated heterocycles. The van der Waals surface area contributed by atoms with Crippen LogP contribution in [0.25, 0.3) is 0 Å². The molecule has 3 N–H and O–H groups in total. The van der Waals surface area contributed by atoms with Gasteiger partial charge < -0.3 is 15.4 Å². The highest BCUT2D eigenvalue weighted by Gasteiger charge is 2.29. The summed E-state index contributed by atoms with van der Waals surface area (Å²) in [5.74, 6) is -0.743. The fourth-order valence-electron chi connectivity index (χ4n) is 3.54. The van der Waals surface area contributed by atoms with Gasteiger partial charge in [-0.05, 0) is 49.4 Å². The van der Waals surface area contributed by atoms with Gasteiger partial charge in [0.15, 0.2) is 11.5 Å². The van der Waals surface area contributed by atoms with E-state index in [2.05, 4.69) is 25.6 Å². The number of aromatic nitrogens is 2. The third-order valence-corrected chi connectivity index (χ3v) is 6.95. The molecule has 210 valence electrons. The molecule has 3 aromatic carbocycles. The van der Waals surface area contributed by atoms with E-state index in [9.17, 15) is 33.4 Å². The molecule has 4 aromatic rings. The Morgan fingerprint density at radius 1 is 0.854 bits per heavy atom. The Balaban J connectivity index is 1.56. The number of nitrogens with one attached hydrogen (secondary N) is 3. The summed E-state index contributed by atoms with van der Waals surface area (Å²) in [6, 6.07) is 16.2. The van der Waals surface area contributed by atoms with E-state index in [1.54, 1.807) is 24.3 Å². The van der Waals surface area contributed by atoms with Crippen molar-refractivity contribution in [1.29, 1.82) is 0 Å². The quantitative estimate of drug-likeness (QED) is 0.177. The molecule has 1 aromatic heterocycles. The second-order valence-electron chi connectivity index (χ2n) is 8.44. The summed E-state index contributed by atoms with van der Waals surface area (Å²) in [6.07, 6.45) is 0. The largest absolute Gasteiger partial charge is 0.480 e. The van der Waals surface area contributed by atoms with E-state index in [4.69, 9.17) is 4.74 Å². The van der Waals surface area contributed by atoms with Crippen molar-refractivity contribution >= 4 is 50.2 Å². The molecule has 1 heterocycles.